The van der Waals surface area contributed by atoms with Crippen molar-refractivity contribution in [3.8, 4) is 0 Å². The predicted octanol–water partition coefficient (Wildman–Crippen LogP) is 3.83. The molecule has 1 aliphatic rings. The molecule has 1 atom stereocenters. The molecule has 170 valence electrons. The average molecular weight is 453 g/mol. The summed E-state index contributed by atoms with van der Waals surface area (Å²) < 4.78 is 47.2. The summed E-state index contributed by atoms with van der Waals surface area (Å²) in [6.07, 6.45) is 5.71. The van der Waals surface area contributed by atoms with Gasteiger partial charge < -0.3 is 5.73 Å². The number of hydrogen-bond acceptors (Lipinski definition) is 5. The minimum Gasteiger partial charge on any atom is -0.402 e. The Hall–Kier alpha value is -3.95. The number of nitrogens with zero attached hydrogens (tertiary/aromatic N) is 4. The Labute approximate surface area is 187 Å². The molecule has 0 amide bonds. The van der Waals surface area contributed by atoms with Gasteiger partial charge in [-0.1, -0.05) is 24.3 Å². The number of alkyl halides is 2. The van der Waals surface area contributed by atoms with Crippen LogP contribution in [0.3, 0.4) is 0 Å². The summed E-state index contributed by atoms with van der Waals surface area (Å²) in [5.41, 5.74) is 7.11. The lowest BCUT2D eigenvalue weighted by Gasteiger charge is -2.25. The van der Waals surface area contributed by atoms with Crippen molar-refractivity contribution in [1.29, 1.82) is 10.8 Å². The predicted molar refractivity (Wildman–Crippen MR) is 119 cm³/mol. The number of aromatic nitrogens is 4. The first-order chi connectivity index (χ1) is 15.5. The summed E-state index contributed by atoms with van der Waals surface area (Å²) in [5.74, 6) is -6.89. The fourth-order valence-electron chi connectivity index (χ4n) is 3.86. The van der Waals surface area contributed by atoms with Crippen LogP contribution in [0, 0.1) is 22.6 Å². The van der Waals surface area contributed by atoms with Crippen LogP contribution in [0.15, 0.2) is 60.5 Å². The molecule has 2 heterocycles. The van der Waals surface area contributed by atoms with Crippen molar-refractivity contribution in [3.63, 3.8) is 0 Å². The third-order valence-electron chi connectivity index (χ3n) is 5.58. The monoisotopic (exact) mass is 453 g/mol. The van der Waals surface area contributed by atoms with Gasteiger partial charge in [-0.3, -0.25) is 15.5 Å². The van der Waals surface area contributed by atoms with Crippen LogP contribution in [-0.2, 0) is 13.0 Å². The Morgan fingerprint density at radius 3 is 2.67 bits per heavy atom. The topological polar surface area (TPSA) is 109 Å². The van der Waals surface area contributed by atoms with Crippen LogP contribution in [0.1, 0.15) is 24.6 Å². The number of fused-ring (bicyclic) bond motifs is 1. The Morgan fingerprint density at radius 1 is 1.24 bits per heavy atom. The number of allylic oxidation sites excluding steroid dienone is 4. The van der Waals surface area contributed by atoms with Crippen molar-refractivity contribution in [3.05, 3.63) is 83.0 Å². The highest BCUT2D eigenvalue weighted by atomic mass is 19.3. The van der Waals surface area contributed by atoms with Crippen molar-refractivity contribution in [1.82, 2.24) is 19.6 Å². The van der Waals surface area contributed by atoms with E-state index in [1.165, 1.54) is 23.0 Å². The first kappa shape index (κ1) is 22.3. The zero-order chi connectivity index (χ0) is 24.1. The molecule has 0 radical (unpaired) electrons. The number of nitrogens with two attached hydrogens (primary N) is 1. The van der Waals surface area contributed by atoms with Crippen molar-refractivity contribution in [2.75, 3.05) is 0 Å². The fraction of sp³-hybridized carbons (Fsp3) is 0.217. The molecule has 4 N–H and O–H groups in total. The van der Waals surface area contributed by atoms with E-state index in [0.717, 1.165) is 17.7 Å². The third-order valence-corrected chi connectivity index (χ3v) is 5.58. The molecule has 1 unspecified atom stereocenters. The maximum absolute atomic E-state index is 15.3. The van der Waals surface area contributed by atoms with Crippen LogP contribution < -0.4 is 11.2 Å². The van der Waals surface area contributed by atoms with Crippen molar-refractivity contribution >= 4 is 22.3 Å². The summed E-state index contributed by atoms with van der Waals surface area (Å²) in [4.78, 5) is 0. The second-order valence-electron chi connectivity index (χ2n) is 8.10. The van der Waals surface area contributed by atoms with Gasteiger partial charge in [-0.2, -0.15) is 23.7 Å². The maximum atomic E-state index is 15.3. The van der Waals surface area contributed by atoms with E-state index in [0.29, 0.717) is 27.8 Å². The van der Waals surface area contributed by atoms with Crippen LogP contribution in [0.25, 0.3) is 16.5 Å². The Balaban J connectivity index is 1.79. The van der Waals surface area contributed by atoms with E-state index in [4.69, 9.17) is 16.6 Å². The maximum Gasteiger partial charge on any atom is 0.334 e. The second-order valence-corrected chi connectivity index (χ2v) is 8.10. The lowest BCUT2D eigenvalue weighted by molar-refractivity contribution is 0.0655. The van der Waals surface area contributed by atoms with E-state index in [2.05, 4.69) is 16.8 Å². The van der Waals surface area contributed by atoms with Crippen LogP contribution in [0.5, 0.6) is 0 Å². The lowest BCUT2D eigenvalue weighted by Crippen LogP contribution is -2.40. The molecule has 0 aliphatic heterocycles. The summed E-state index contributed by atoms with van der Waals surface area (Å²) in [5, 5.41) is 24.7. The largest absolute Gasteiger partial charge is 0.402 e. The Morgan fingerprint density at radius 2 is 1.97 bits per heavy atom. The van der Waals surface area contributed by atoms with Gasteiger partial charge in [0.15, 0.2) is 5.84 Å². The number of benzene rings is 1. The van der Waals surface area contributed by atoms with Gasteiger partial charge in [0.1, 0.15) is 11.3 Å². The van der Waals surface area contributed by atoms with Crippen LogP contribution in [0.4, 0.5) is 13.2 Å². The zero-order valence-electron chi connectivity index (χ0n) is 18.0. The van der Waals surface area contributed by atoms with Crippen molar-refractivity contribution in [2.24, 2.45) is 18.7 Å². The SMILES string of the molecule is C=C(N)C1CC(C)=CC=C1c1ccc(=N)n(C(=N)C(F)(F)c2cc3cn(C)nc3cc2F)n1. The van der Waals surface area contributed by atoms with Crippen LogP contribution in [0.2, 0.25) is 0 Å². The quantitative estimate of drug-likeness (QED) is 0.413. The molecule has 0 saturated heterocycles. The second kappa shape index (κ2) is 7.88. The summed E-state index contributed by atoms with van der Waals surface area (Å²) in [7, 11) is 1.59. The van der Waals surface area contributed by atoms with E-state index in [1.807, 2.05) is 13.0 Å². The van der Waals surface area contributed by atoms with Gasteiger partial charge in [0, 0.05) is 36.3 Å². The van der Waals surface area contributed by atoms with E-state index >= 15 is 8.78 Å². The molecule has 1 aromatic carbocycles. The van der Waals surface area contributed by atoms with E-state index in [1.54, 1.807) is 13.1 Å². The molecule has 1 aliphatic carbocycles. The van der Waals surface area contributed by atoms with Crippen molar-refractivity contribution in [2.45, 2.75) is 19.3 Å². The molecule has 3 aromatic rings. The summed E-state index contributed by atoms with van der Waals surface area (Å²) in [6, 6.07) is 4.63. The van der Waals surface area contributed by atoms with Gasteiger partial charge in [0.05, 0.1) is 16.8 Å². The third kappa shape index (κ3) is 3.88. The zero-order valence-corrected chi connectivity index (χ0v) is 18.0. The smallest absolute Gasteiger partial charge is 0.334 e. The highest BCUT2D eigenvalue weighted by Crippen LogP contribution is 2.35. The Bertz CT molecular complexity index is 1430. The fourth-order valence-corrected chi connectivity index (χ4v) is 3.86. The number of halogens is 3. The minimum absolute atomic E-state index is 0.218. The van der Waals surface area contributed by atoms with Gasteiger partial charge >= 0.3 is 5.92 Å². The number of nitrogens with one attached hydrogen (secondary N) is 2. The van der Waals surface area contributed by atoms with E-state index in [-0.39, 0.29) is 17.1 Å². The van der Waals surface area contributed by atoms with Gasteiger partial charge in [-0.15, -0.1) is 0 Å². The normalized spacial score (nSPS) is 16.5. The van der Waals surface area contributed by atoms with Gasteiger partial charge in [0.25, 0.3) is 0 Å². The molecule has 0 saturated carbocycles. The van der Waals surface area contributed by atoms with E-state index in [9.17, 15) is 4.39 Å². The molecule has 10 heteroatoms. The lowest BCUT2D eigenvalue weighted by atomic mass is 9.84. The van der Waals surface area contributed by atoms with Gasteiger partial charge in [-0.25, -0.2) is 4.39 Å². The van der Waals surface area contributed by atoms with Gasteiger partial charge in [0.2, 0.25) is 0 Å². The van der Waals surface area contributed by atoms with Gasteiger partial charge in [-0.05, 0) is 37.1 Å². The molecule has 33 heavy (non-hydrogen) atoms. The first-order valence-corrected chi connectivity index (χ1v) is 10.1. The Kier molecular flexibility index (Phi) is 5.31. The summed E-state index contributed by atoms with van der Waals surface area (Å²) in [6.45, 7) is 5.74. The van der Waals surface area contributed by atoms with Crippen LogP contribution in [-0.4, -0.2) is 25.4 Å². The standard InChI is InChI=1S/C23H22F3N7/c1-12-4-5-15(16(8-12)13(2)27)19-6-7-21(28)33(31-19)22(29)23(25,26)17-9-14-11-32(3)30-20(14)10-18(17)24/h4-7,9-11,16,28-29H,2,8,27H2,1,3H3. The summed E-state index contributed by atoms with van der Waals surface area (Å²) >= 11 is 0. The molecule has 2 aromatic heterocycles. The van der Waals surface area contributed by atoms with Crippen LogP contribution >= 0.6 is 0 Å². The minimum atomic E-state index is -4.06. The molecular weight excluding hydrogens is 431 g/mol. The molecular formula is C23H22F3N7. The molecule has 4 rings (SSSR count). The average Bonchev–Trinajstić information content (AvgIpc) is 3.11. The number of hydrogen-bond donors (Lipinski definition) is 3. The van der Waals surface area contributed by atoms with E-state index < -0.39 is 28.6 Å². The first-order valence-electron chi connectivity index (χ1n) is 10.1. The number of rotatable bonds is 4. The molecule has 0 bridgehead atoms. The van der Waals surface area contributed by atoms with Crippen molar-refractivity contribution < 1.29 is 13.2 Å². The number of aryl methyl sites for hydroxylation is 1. The molecule has 0 fully saturated rings. The molecule has 0 spiro atoms. The highest BCUT2D eigenvalue weighted by Gasteiger charge is 2.42. The molecule has 7 nitrogen and oxygen atoms in total. The highest BCUT2D eigenvalue weighted by molar-refractivity contribution is 5.90.